The minimum atomic E-state index is 0.602. The van der Waals surface area contributed by atoms with Gasteiger partial charge >= 0.3 is 0 Å². The van der Waals surface area contributed by atoms with Crippen LogP contribution in [0.15, 0.2) is 200 Å². The molecule has 258 valence electrons. The molecule has 0 bridgehead atoms. The van der Waals surface area contributed by atoms with Crippen molar-refractivity contribution in [3.8, 4) is 78.9 Å². The fourth-order valence-corrected chi connectivity index (χ4v) is 7.38. The van der Waals surface area contributed by atoms with Crippen molar-refractivity contribution in [2.75, 3.05) is 0 Å². The van der Waals surface area contributed by atoms with Gasteiger partial charge < -0.3 is 0 Å². The van der Waals surface area contributed by atoms with Crippen molar-refractivity contribution in [2.24, 2.45) is 0 Å². The molecule has 0 saturated carbocycles. The first kappa shape index (κ1) is 32.2. The Bertz CT molecular complexity index is 2940. The summed E-state index contributed by atoms with van der Waals surface area (Å²) in [7, 11) is 0. The molecule has 55 heavy (non-hydrogen) atoms. The van der Waals surface area contributed by atoms with Gasteiger partial charge in [0, 0.05) is 38.8 Å². The second kappa shape index (κ2) is 13.8. The summed E-state index contributed by atoms with van der Waals surface area (Å²) in [6.45, 7) is 0. The molecule has 3 heterocycles. The average Bonchev–Trinajstić information content (AvgIpc) is 3.69. The monoisotopic (exact) mass is 703 g/mol. The van der Waals surface area contributed by atoms with Gasteiger partial charge in [-0.05, 0) is 34.2 Å². The minimum absolute atomic E-state index is 0.602. The number of hydrogen-bond donors (Lipinski definition) is 0. The summed E-state index contributed by atoms with van der Waals surface area (Å²) < 4.78 is 2.12. The maximum Gasteiger partial charge on any atom is 0.164 e. The highest BCUT2D eigenvalue weighted by molar-refractivity contribution is 6.08. The van der Waals surface area contributed by atoms with Crippen LogP contribution >= 0.6 is 0 Å². The number of hydrogen-bond acceptors (Lipinski definition) is 4. The molecule has 0 radical (unpaired) electrons. The standard InChI is InChI=1S/C50H33N5/c1-5-16-34(17-6-1)35-28-30-39(31-29-35)49-51-48(38-22-11-4-12-23-38)52-50(53-49)42-26-15-25-41(32-42)45-46(37-20-9-3-10-21-37)54-55-44(36-18-7-2-8-19-36)33-40-24-13-14-27-43(40)47(45)55/h1-33H. The largest absolute Gasteiger partial charge is 0.231 e. The zero-order valence-electron chi connectivity index (χ0n) is 29.8. The van der Waals surface area contributed by atoms with Gasteiger partial charge in [-0.15, -0.1) is 0 Å². The third-order valence-electron chi connectivity index (χ3n) is 10.1. The molecule has 0 spiro atoms. The van der Waals surface area contributed by atoms with Gasteiger partial charge in [-0.1, -0.05) is 188 Å². The fraction of sp³-hybridized carbons (Fsp3) is 0. The van der Waals surface area contributed by atoms with E-state index in [2.05, 4.69) is 156 Å². The van der Waals surface area contributed by atoms with Gasteiger partial charge in [-0.25, -0.2) is 19.5 Å². The van der Waals surface area contributed by atoms with Crippen LogP contribution in [0, 0.1) is 0 Å². The first-order chi connectivity index (χ1) is 27.3. The number of fused-ring (bicyclic) bond motifs is 3. The van der Waals surface area contributed by atoms with Crippen LogP contribution in [0.4, 0.5) is 0 Å². The Kier molecular flexibility index (Phi) is 8.08. The molecule has 0 aliphatic rings. The van der Waals surface area contributed by atoms with E-state index in [0.29, 0.717) is 17.5 Å². The molecule has 0 saturated heterocycles. The molecule has 5 nitrogen and oxygen atoms in total. The van der Waals surface area contributed by atoms with Crippen molar-refractivity contribution in [3.05, 3.63) is 200 Å². The van der Waals surface area contributed by atoms with Crippen LogP contribution in [-0.4, -0.2) is 24.6 Å². The summed E-state index contributed by atoms with van der Waals surface area (Å²) in [5.41, 5.74) is 12.3. The van der Waals surface area contributed by atoms with E-state index in [9.17, 15) is 0 Å². The third-order valence-corrected chi connectivity index (χ3v) is 10.1. The second-order valence-electron chi connectivity index (χ2n) is 13.5. The number of pyridine rings is 1. The molecular weight excluding hydrogens is 671 g/mol. The lowest BCUT2D eigenvalue weighted by molar-refractivity contribution is 0.979. The van der Waals surface area contributed by atoms with Gasteiger partial charge in [0.15, 0.2) is 17.5 Å². The molecule has 0 fully saturated rings. The van der Waals surface area contributed by atoms with Gasteiger partial charge in [0.05, 0.1) is 11.2 Å². The molecule has 0 N–H and O–H groups in total. The molecule has 0 aliphatic heterocycles. The van der Waals surface area contributed by atoms with E-state index in [1.807, 2.05) is 48.5 Å². The quantitative estimate of drug-likeness (QED) is 0.166. The fourth-order valence-electron chi connectivity index (χ4n) is 7.38. The summed E-state index contributed by atoms with van der Waals surface area (Å²) in [6, 6.07) is 69.2. The van der Waals surface area contributed by atoms with E-state index < -0.39 is 0 Å². The smallest absolute Gasteiger partial charge is 0.164 e. The second-order valence-corrected chi connectivity index (χ2v) is 13.5. The predicted molar refractivity (Wildman–Crippen MR) is 224 cm³/mol. The Morgan fingerprint density at radius 1 is 0.327 bits per heavy atom. The number of nitrogens with zero attached hydrogens (tertiary/aromatic N) is 5. The number of rotatable bonds is 7. The first-order valence-corrected chi connectivity index (χ1v) is 18.4. The van der Waals surface area contributed by atoms with Crippen molar-refractivity contribution in [1.82, 2.24) is 24.6 Å². The Balaban J connectivity index is 1.18. The molecule has 0 unspecified atom stereocenters. The topological polar surface area (TPSA) is 56.0 Å². The Hall–Kier alpha value is -7.50. The van der Waals surface area contributed by atoms with E-state index in [-0.39, 0.29) is 0 Å². The van der Waals surface area contributed by atoms with Crippen LogP contribution in [0.1, 0.15) is 0 Å². The van der Waals surface area contributed by atoms with Crippen molar-refractivity contribution in [3.63, 3.8) is 0 Å². The van der Waals surface area contributed by atoms with Gasteiger partial charge in [0.25, 0.3) is 0 Å². The highest BCUT2D eigenvalue weighted by atomic mass is 15.2. The summed E-state index contributed by atoms with van der Waals surface area (Å²) in [5.74, 6) is 1.84. The highest BCUT2D eigenvalue weighted by Crippen LogP contribution is 2.41. The lowest BCUT2D eigenvalue weighted by Gasteiger charge is -2.12. The molecule has 10 aromatic rings. The van der Waals surface area contributed by atoms with Gasteiger partial charge in [-0.3, -0.25) is 0 Å². The van der Waals surface area contributed by atoms with Crippen molar-refractivity contribution in [2.45, 2.75) is 0 Å². The van der Waals surface area contributed by atoms with Crippen molar-refractivity contribution < 1.29 is 0 Å². The van der Waals surface area contributed by atoms with E-state index in [1.165, 1.54) is 5.56 Å². The Morgan fingerprint density at radius 2 is 0.782 bits per heavy atom. The minimum Gasteiger partial charge on any atom is -0.231 e. The van der Waals surface area contributed by atoms with Gasteiger partial charge in [0.1, 0.15) is 5.69 Å². The molecule has 10 rings (SSSR count). The molecule has 0 amide bonds. The van der Waals surface area contributed by atoms with Crippen LogP contribution in [-0.2, 0) is 0 Å². The van der Waals surface area contributed by atoms with Crippen LogP contribution in [0.25, 0.3) is 95.2 Å². The van der Waals surface area contributed by atoms with Crippen molar-refractivity contribution in [1.29, 1.82) is 0 Å². The maximum atomic E-state index is 5.40. The average molecular weight is 704 g/mol. The lowest BCUT2D eigenvalue weighted by atomic mass is 9.95. The maximum absolute atomic E-state index is 5.40. The summed E-state index contributed by atoms with van der Waals surface area (Å²) in [6.07, 6.45) is 0. The molecule has 0 atom stereocenters. The normalized spacial score (nSPS) is 11.3. The summed E-state index contributed by atoms with van der Waals surface area (Å²) in [4.78, 5) is 15.2. The zero-order chi connectivity index (χ0) is 36.6. The molecule has 7 aromatic carbocycles. The summed E-state index contributed by atoms with van der Waals surface area (Å²) in [5, 5.41) is 7.68. The third kappa shape index (κ3) is 6.04. The number of aromatic nitrogens is 5. The van der Waals surface area contributed by atoms with Crippen molar-refractivity contribution >= 4 is 16.3 Å². The van der Waals surface area contributed by atoms with Crippen LogP contribution in [0.5, 0.6) is 0 Å². The van der Waals surface area contributed by atoms with Crippen LogP contribution < -0.4 is 0 Å². The molecular formula is C50H33N5. The van der Waals surface area contributed by atoms with E-state index >= 15 is 0 Å². The van der Waals surface area contributed by atoms with Crippen LogP contribution in [0.3, 0.4) is 0 Å². The predicted octanol–water partition coefficient (Wildman–Crippen LogP) is 12.3. The van der Waals surface area contributed by atoms with E-state index in [4.69, 9.17) is 20.1 Å². The molecule has 3 aromatic heterocycles. The SMILES string of the molecule is c1ccc(-c2ccc(-c3nc(-c4ccccc4)nc(-c4cccc(-c5c(-c6ccccc6)nn6c(-c7ccccc7)cc7ccccc7c56)c4)n3)cc2)cc1. The lowest BCUT2D eigenvalue weighted by Crippen LogP contribution is -2.00. The van der Waals surface area contributed by atoms with Crippen LogP contribution in [0.2, 0.25) is 0 Å². The Morgan fingerprint density at radius 3 is 1.44 bits per heavy atom. The van der Waals surface area contributed by atoms with E-state index in [0.717, 1.165) is 72.2 Å². The van der Waals surface area contributed by atoms with Gasteiger partial charge in [0.2, 0.25) is 0 Å². The molecule has 5 heteroatoms. The number of benzene rings is 7. The Labute approximate surface area is 318 Å². The summed E-state index contributed by atoms with van der Waals surface area (Å²) >= 11 is 0. The highest BCUT2D eigenvalue weighted by Gasteiger charge is 2.22. The first-order valence-electron chi connectivity index (χ1n) is 18.4. The zero-order valence-corrected chi connectivity index (χ0v) is 29.8. The molecule has 0 aliphatic carbocycles. The van der Waals surface area contributed by atoms with Gasteiger partial charge in [-0.2, -0.15) is 5.10 Å². The van der Waals surface area contributed by atoms with E-state index in [1.54, 1.807) is 0 Å².